The van der Waals surface area contributed by atoms with Crippen LogP contribution in [0, 0.1) is 0 Å². The molecule has 2 atom stereocenters. The maximum absolute atomic E-state index is 5.80. The Morgan fingerprint density at radius 1 is 1.00 bits per heavy atom. The van der Waals surface area contributed by atoms with E-state index < -0.39 is 0 Å². The Labute approximate surface area is 131 Å². The van der Waals surface area contributed by atoms with E-state index in [4.69, 9.17) is 4.42 Å². The van der Waals surface area contributed by atoms with Crippen molar-refractivity contribution < 1.29 is 4.42 Å². The van der Waals surface area contributed by atoms with Crippen molar-refractivity contribution in [2.24, 2.45) is 0 Å². The minimum Gasteiger partial charge on any atom is -0.424 e. The third-order valence-corrected chi connectivity index (χ3v) is 5.20. The monoisotopic (exact) mass is 297 g/mol. The van der Waals surface area contributed by atoms with Gasteiger partial charge in [0.1, 0.15) is 0 Å². The molecule has 0 unspecified atom stereocenters. The Morgan fingerprint density at radius 2 is 1.82 bits per heavy atom. The second-order valence-corrected chi connectivity index (χ2v) is 6.60. The molecule has 2 saturated carbocycles. The number of nitrogens with one attached hydrogen (secondary N) is 1. The summed E-state index contributed by atoms with van der Waals surface area (Å²) in [5.41, 5.74) is 1.44. The molecule has 4 heteroatoms. The van der Waals surface area contributed by atoms with Gasteiger partial charge < -0.3 is 9.73 Å². The number of benzene rings is 1. The van der Waals surface area contributed by atoms with Crippen molar-refractivity contribution in [3.63, 3.8) is 0 Å². The van der Waals surface area contributed by atoms with Crippen LogP contribution in [0.2, 0.25) is 0 Å². The lowest BCUT2D eigenvalue weighted by atomic mass is 9.85. The first kappa shape index (κ1) is 13.9. The number of nitrogens with zero attached hydrogens (tertiary/aromatic N) is 2. The summed E-state index contributed by atoms with van der Waals surface area (Å²) < 4.78 is 5.80. The van der Waals surface area contributed by atoms with Crippen molar-refractivity contribution in [2.45, 2.75) is 62.9 Å². The molecule has 1 aromatic heterocycles. The summed E-state index contributed by atoms with van der Waals surface area (Å²) in [6.45, 7) is 0.688. The fourth-order valence-corrected chi connectivity index (χ4v) is 3.68. The van der Waals surface area contributed by atoms with Gasteiger partial charge in [0.25, 0.3) is 0 Å². The molecule has 1 aromatic carbocycles. The Hall–Kier alpha value is -1.68. The minimum absolute atomic E-state index is 0.515. The van der Waals surface area contributed by atoms with Crippen molar-refractivity contribution >= 4 is 0 Å². The summed E-state index contributed by atoms with van der Waals surface area (Å²) in [4.78, 5) is 0. The van der Waals surface area contributed by atoms with Gasteiger partial charge >= 0.3 is 0 Å². The van der Waals surface area contributed by atoms with Crippen LogP contribution in [0.4, 0.5) is 0 Å². The van der Waals surface area contributed by atoms with Gasteiger partial charge in [-0.3, -0.25) is 0 Å². The van der Waals surface area contributed by atoms with E-state index in [1.807, 2.05) is 0 Å². The molecule has 4 rings (SSSR count). The lowest BCUT2D eigenvalue weighted by Crippen LogP contribution is -2.30. The van der Waals surface area contributed by atoms with Gasteiger partial charge in [-0.2, -0.15) is 0 Å². The molecule has 2 fully saturated rings. The van der Waals surface area contributed by atoms with Gasteiger partial charge in [-0.25, -0.2) is 0 Å². The number of rotatable bonds is 5. The van der Waals surface area contributed by atoms with E-state index in [0.29, 0.717) is 24.4 Å². The fourth-order valence-electron chi connectivity index (χ4n) is 3.68. The third kappa shape index (κ3) is 2.80. The average molecular weight is 297 g/mol. The molecule has 0 saturated heterocycles. The van der Waals surface area contributed by atoms with Crippen LogP contribution in [0.1, 0.15) is 67.7 Å². The summed E-state index contributed by atoms with van der Waals surface area (Å²) >= 11 is 0. The van der Waals surface area contributed by atoms with Crippen LogP contribution in [0.25, 0.3) is 0 Å². The standard InChI is InChI=1S/C18H23N3O/c1-2-6-13(7-3-1)15-10-5-11-16(15)19-12-17-20-21-18(22-17)14-8-4-9-14/h1-3,6-7,14-16,19H,4-5,8-12H2/t15-,16+/m0/s1. The summed E-state index contributed by atoms with van der Waals surface area (Å²) in [5, 5.41) is 12.0. The predicted molar refractivity (Wildman–Crippen MR) is 84.6 cm³/mol. The molecule has 2 aliphatic carbocycles. The van der Waals surface area contributed by atoms with Crippen LogP contribution in [-0.4, -0.2) is 16.2 Å². The molecule has 4 nitrogen and oxygen atoms in total. The first-order chi connectivity index (χ1) is 10.9. The maximum atomic E-state index is 5.80. The van der Waals surface area contributed by atoms with Gasteiger partial charge in [-0.15, -0.1) is 10.2 Å². The van der Waals surface area contributed by atoms with Gasteiger partial charge in [0.15, 0.2) is 0 Å². The van der Waals surface area contributed by atoms with E-state index in [9.17, 15) is 0 Å². The van der Waals surface area contributed by atoms with E-state index in [1.54, 1.807) is 0 Å². The predicted octanol–water partition coefficient (Wildman–Crippen LogP) is 3.76. The quantitative estimate of drug-likeness (QED) is 0.913. The molecular formula is C18H23N3O. The topological polar surface area (TPSA) is 51.0 Å². The molecule has 22 heavy (non-hydrogen) atoms. The highest BCUT2D eigenvalue weighted by Gasteiger charge is 2.29. The first-order valence-corrected chi connectivity index (χ1v) is 8.51. The number of hydrogen-bond acceptors (Lipinski definition) is 4. The number of hydrogen-bond donors (Lipinski definition) is 1. The molecular weight excluding hydrogens is 274 g/mol. The van der Waals surface area contributed by atoms with Gasteiger partial charge in [-0.1, -0.05) is 43.2 Å². The summed E-state index contributed by atoms with van der Waals surface area (Å²) in [5.74, 6) is 2.70. The highest BCUT2D eigenvalue weighted by atomic mass is 16.4. The van der Waals surface area contributed by atoms with Gasteiger partial charge in [-0.05, 0) is 37.2 Å². The molecule has 0 spiro atoms. The number of aromatic nitrogens is 2. The van der Waals surface area contributed by atoms with Crippen LogP contribution in [0.3, 0.4) is 0 Å². The molecule has 2 aliphatic rings. The third-order valence-electron chi connectivity index (χ3n) is 5.20. The highest BCUT2D eigenvalue weighted by molar-refractivity contribution is 5.22. The zero-order chi connectivity index (χ0) is 14.8. The molecule has 116 valence electrons. The molecule has 0 bridgehead atoms. The fraction of sp³-hybridized carbons (Fsp3) is 0.556. The Kier molecular flexibility index (Phi) is 3.94. The van der Waals surface area contributed by atoms with E-state index in [2.05, 4.69) is 45.8 Å². The molecule has 1 heterocycles. The zero-order valence-electron chi connectivity index (χ0n) is 12.9. The SMILES string of the molecule is c1ccc([C@@H]2CCC[C@H]2NCc2nnc(C3CCC3)o2)cc1. The summed E-state index contributed by atoms with van der Waals surface area (Å²) in [7, 11) is 0. The minimum atomic E-state index is 0.515. The zero-order valence-corrected chi connectivity index (χ0v) is 12.9. The Morgan fingerprint density at radius 3 is 2.59 bits per heavy atom. The smallest absolute Gasteiger partial charge is 0.230 e. The maximum Gasteiger partial charge on any atom is 0.230 e. The van der Waals surface area contributed by atoms with E-state index in [-0.39, 0.29) is 0 Å². The van der Waals surface area contributed by atoms with Crippen molar-refractivity contribution in [3.8, 4) is 0 Å². The van der Waals surface area contributed by atoms with Gasteiger partial charge in [0.2, 0.25) is 11.8 Å². The van der Waals surface area contributed by atoms with Crippen LogP contribution in [0.15, 0.2) is 34.7 Å². The normalized spacial score (nSPS) is 25.3. The average Bonchev–Trinajstić information content (AvgIpc) is 3.13. The molecule has 1 N–H and O–H groups in total. The second-order valence-electron chi connectivity index (χ2n) is 6.60. The molecule has 0 amide bonds. The summed E-state index contributed by atoms with van der Waals surface area (Å²) in [6.07, 6.45) is 7.47. The largest absolute Gasteiger partial charge is 0.424 e. The van der Waals surface area contributed by atoms with Crippen LogP contribution >= 0.6 is 0 Å². The molecule has 0 aliphatic heterocycles. The van der Waals surface area contributed by atoms with Crippen molar-refractivity contribution in [3.05, 3.63) is 47.7 Å². The lowest BCUT2D eigenvalue weighted by Gasteiger charge is -2.21. The summed E-state index contributed by atoms with van der Waals surface area (Å²) in [6, 6.07) is 11.3. The lowest BCUT2D eigenvalue weighted by molar-refractivity contribution is 0.318. The highest BCUT2D eigenvalue weighted by Crippen LogP contribution is 2.36. The van der Waals surface area contributed by atoms with E-state index >= 15 is 0 Å². The van der Waals surface area contributed by atoms with Crippen LogP contribution in [-0.2, 0) is 6.54 Å². The van der Waals surface area contributed by atoms with Crippen molar-refractivity contribution in [1.29, 1.82) is 0 Å². The van der Waals surface area contributed by atoms with Crippen LogP contribution < -0.4 is 5.32 Å². The van der Waals surface area contributed by atoms with Crippen LogP contribution in [0.5, 0.6) is 0 Å². The molecule has 0 radical (unpaired) electrons. The first-order valence-electron chi connectivity index (χ1n) is 8.51. The second kappa shape index (κ2) is 6.21. The van der Waals surface area contributed by atoms with Crippen molar-refractivity contribution in [1.82, 2.24) is 15.5 Å². The van der Waals surface area contributed by atoms with E-state index in [0.717, 1.165) is 11.8 Å². The van der Waals surface area contributed by atoms with Gasteiger partial charge in [0.05, 0.1) is 6.54 Å². The molecule has 2 aromatic rings. The Balaban J connectivity index is 1.37. The van der Waals surface area contributed by atoms with Gasteiger partial charge in [0, 0.05) is 12.0 Å². The Bertz CT molecular complexity index is 606. The van der Waals surface area contributed by atoms with E-state index in [1.165, 1.54) is 44.1 Å². The van der Waals surface area contributed by atoms with Crippen molar-refractivity contribution in [2.75, 3.05) is 0 Å².